The van der Waals surface area contributed by atoms with Crippen LogP contribution in [-0.2, 0) is 14.8 Å². The van der Waals surface area contributed by atoms with Crippen LogP contribution >= 0.6 is 0 Å². The number of aryl methyl sites for hydroxylation is 1. The first-order valence-electron chi connectivity index (χ1n) is 5.31. The molecule has 1 aromatic heterocycles. The number of aliphatic carboxylic acids is 1. The van der Waals surface area contributed by atoms with Crippen LogP contribution in [0.25, 0.3) is 0 Å². The molecule has 1 heterocycles. The highest BCUT2D eigenvalue weighted by atomic mass is 32.2. The minimum absolute atomic E-state index is 0.143. The van der Waals surface area contributed by atoms with Crippen LogP contribution < -0.4 is 4.72 Å². The van der Waals surface area contributed by atoms with Gasteiger partial charge in [-0.1, -0.05) is 20.8 Å². The van der Waals surface area contributed by atoms with E-state index in [2.05, 4.69) is 14.7 Å². The van der Waals surface area contributed by atoms with E-state index in [-0.39, 0.29) is 5.03 Å². The third-order valence-corrected chi connectivity index (χ3v) is 3.69. The molecule has 0 aliphatic carbocycles. The molecule has 0 aromatic carbocycles. The predicted molar refractivity (Wildman–Crippen MR) is 64.5 cm³/mol. The normalized spacial score (nSPS) is 14.4. The molecule has 1 rings (SSSR count). The molecule has 0 fully saturated rings. The number of aromatic amines is 1. The van der Waals surface area contributed by atoms with Gasteiger partial charge in [0, 0.05) is 0 Å². The molecular weight excluding hydrogens is 258 g/mol. The molecule has 102 valence electrons. The number of aromatic nitrogens is 2. The van der Waals surface area contributed by atoms with Crippen molar-refractivity contribution in [2.75, 3.05) is 0 Å². The van der Waals surface area contributed by atoms with E-state index in [1.165, 1.54) is 0 Å². The summed E-state index contributed by atoms with van der Waals surface area (Å²) < 4.78 is 26.1. The number of carboxylic acid groups (broad SMARTS) is 1. The molecule has 0 radical (unpaired) electrons. The number of H-pyrrole nitrogens is 1. The molecule has 0 aliphatic heterocycles. The van der Waals surface area contributed by atoms with E-state index >= 15 is 0 Å². The third-order valence-electron chi connectivity index (χ3n) is 2.36. The van der Waals surface area contributed by atoms with Crippen molar-refractivity contribution in [1.82, 2.24) is 14.7 Å². The van der Waals surface area contributed by atoms with Gasteiger partial charge in [-0.15, -0.1) is 0 Å². The van der Waals surface area contributed by atoms with E-state index in [0.29, 0.717) is 5.82 Å². The average Bonchev–Trinajstić information content (AvgIpc) is 2.60. The maximum absolute atomic E-state index is 12.0. The van der Waals surface area contributed by atoms with Crippen molar-refractivity contribution in [3.63, 3.8) is 0 Å². The van der Waals surface area contributed by atoms with E-state index < -0.39 is 27.4 Å². The summed E-state index contributed by atoms with van der Waals surface area (Å²) in [7, 11) is -3.92. The van der Waals surface area contributed by atoms with Crippen molar-refractivity contribution in [3.8, 4) is 0 Å². The Balaban J connectivity index is 3.05. The SMILES string of the molecule is Cc1ncc(S(=O)(=O)N[C@@H](C(=O)O)C(C)(C)C)[nH]1. The van der Waals surface area contributed by atoms with Gasteiger partial charge >= 0.3 is 5.97 Å². The second kappa shape index (κ2) is 4.69. The van der Waals surface area contributed by atoms with Gasteiger partial charge in [0.2, 0.25) is 0 Å². The van der Waals surface area contributed by atoms with Crippen molar-refractivity contribution in [2.45, 2.75) is 38.8 Å². The Kier molecular flexibility index (Phi) is 3.82. The lowest BCUT2D eigenvalue weighted by Gasteiger charge is -2.27. The van der Waals surface area contributed by atoms with E-state index in [1.807, 2.05) is 0 Å². The summed E-state index contributed by atoms with van der Waals surface area (Å²) in [5, 5.41) is 8.93. The Morgan fingerprint density at radius 2 is 2.06 bits per heavy atom. The van der Waals surface area contributed by atoms with Gasteiger partial charge in [-0.05, 0) is 12.3 Å². The molecule has 7 nitrogen and oxygen atoms in total. The molecule has 1 atom stereocenters. The van der Waals surface area contributed by atoms with Crippen LogP contribution in [0.15, 0.2) is 11.2 Å². The molecule has 0 bridgehead atoms. The molecule has 8 heteroatoms. The van der Waals surface area contributed by atoms with E-state index in [1.54, 1.807) is 27.7 Å². The van der Waals surface area contributed by atoms with Crippen molar-refractivity contribution >= 4 is 16.0 Å². The minimum atomic E-state index is -3.92. The lowest BCUT2D eigenvalue weighted by Crippen LogP contribution is -2.49. The van der Waals surface area contributed by atoms with Crippen LogP contribution in [0.3, 0.4) is 0 Å². The maximum atomic E-state index is 12.0. The molecule has 0 aliphatic rings. The van der Waals surface area contributed by atoms with Gasteiger partial charge in [0.1, 0.15) is 11.9 Å². The van der Waals surface area contributed by atoms with Gasteiger partial charge < -0.3 is 10.1 Å². The molecule has 18 heavy (non-hydrogen) atoms. The molecule has 0 spiro atoms. The first kappa shape index (κ1) is 14.7. The van der Waals surface area contributed by atoms with Crippen LogP contribution in [0, 0.1) is 12.3 Å². The quantitative estimate of drug-likeness (QED) is 0.740. The summed E-state index contributed by atoms with van der Waals surface area (Å²) in [5.41, 5.74) is -0.742. The first-order valence-corrected chi connectivity index (χ1v) is 6.79. The third kappa shape index (κ3) is 3.30. The summed E-state index contributed by atoms with van der Waals surface area (Å²) in [5.74, 6) is -0.777. The fourth-order valence-corrected chi connectivity index (χ4v) is 2.72. The van der Waals surface area contributed by atoms with Gasteiger partial charge in [-0.2, -0.15) is 4.72 Å². The van der Waals surface area contributed by atoms with E-state index in [4.69, 9.17) is 5.11 Å². The minimum Gasteiger partial charge on any atom is -0.480 e. The lowest BCUT2D eigenvalue weighted by molar-refractivity contribution is -0.141. The Labute approximate surface area is 106 Å². The number of carboxylic acids is 1. The number of imidazole rings is 1. The number of hydrogen-bond donors (Lipinski definition) is 3. The van der Waals surface area contributed by atoms with Crippen molar-refractivity contribution < 1.29 is 18.3 Å². The molecule has 3 N–H and O–H groups in total. The van der Waals surface area contributed by atoms with Gasteiger partial charge in [0.25, 0.3) is 10.0 Å². The fraction of sp³-hybridized carbons (Fsp3) is 0.600. The Bertz CT molecular complexity index is 542. The number of sulfonamides is 1. The lowest BCUT2D eigenvalue weighted by atomic mass is 9.88. The fourth-order valence-electron chi connectivity index (χ4n) is 1.35. The topological polar surface area (TPSA) is 112 Å². The van der Waals surface area contributed by atoms with Crippen molar-refractivity contribution in [2.24, 2.45) is 5.41 Å². The average molecular weight is 275 g/mol. The number of nitrogens with one attached hydrogen (secondary N) is 2. The van der Waals surface area contributed by atoms with Gasteiger partial charge in [0.15, 0.2) is 5.03 Å². The molecule has 0 amide bonds. The molecule has 0 saturated carbocycles. The van der Waals surface area contributed by atoms with Crippen LogP contribution in [0.2, 0.25) is 0 Å². The van der Waals surface area contributed by atoms with Crippen LogP contribution in [0.4, 0.5) is 0 Å². The highest BCUT2D eigenvalue weighted by Gasteiger charge is 2.35. The summed E-state index contributed by atoms with van der Waals surface area (Å²) in [4.78, 5) is 17.4. The van der Waals surface area contributed by atoms with Gasteiger partial charge in [-0.3, -0.25) is 4.79 Å². The summed E-state index contributed by atoms with van der Waals surface area (Å²) in [6.07, 6.45) is 1.15. The summed E-state index contributed by atoms with van der Waals surface area (Å²) >= 11 is 0. The maximum Gasteiger partial charge on any atom is 0.322 e. The first-order chi connectivity index (χ1) is 8.04. The number of rotatable bonds is 4. The van der Waals surface area contributed by atoms with Crippen molar-refractivity contribution in [3.05, 3.63) is 12.0 Å². The zero-order valence-corrected chi connectivity index (χ0v) is 11.5. The predicted octanol–water partition coefficient (Wildman–Crippen LogP) is 0.496. The van der Waals surface area contributed by atoms with Gasteiger partial charge in [0.05, 0.1) is 6.20 Å². The Hall–Kier alpha value is -1.41. The van der Waals surface area contributed by atoms with E-state index in [0.717, 1.165) is 6.20 Å². The monoisotopic (exact) mass is 275 g/mol. The summed E-state index contributed by atoms with van der Waals surface area (Å²) in [6, 6.07) is -1.22. The van der Waals surface area contributed by atoms with E-state index in [9.17, 15) is 13.2 Å². The second-order valence-corrected chi connectivity index (χ2v) is 6.77. The molecule has 0 unspecified atom stereocenters. The highest BCUT2D eigenvalue weighted by molar-refractivity contribution is 7.89. The highest BCUT2D eigenvalue weighted by Crippen LogP contribution is 2.21. The van der Waals surface area contributed by atoms with Crippen LogP contribution in [0.5, 0.6) is 0 Å². The molecule has 1 aromatic rings. The smallest absolute Gasteiger partial charge is 0.322 e. The van der Waals surface area contributed by atoms with Crippen LogP contribution in [0.1, 0.15) is 26.6 Å². The Morgan fingerprint density at radius 1 is 1.50 bits per heavy atom. The number of hydrogen-bond acceptors (Lipinski definition) is 4. The molecule has 0 saturated heterocycles. The standard InChI is InChI=1S/C10H17N3O4S/c1-6-11-5-7(12-6)18(16,17)13-8(9(14)15)10(2,3)4/h5,8,13H,1-4H3,(H,11,12)(H,14,15)/t8-/m0/s1. The molecular formula is C10H17N3O4S. The zero-order valence-electron chi connectivity index (χ0n) is 10.7. The van der Waals surface area contributed by atoms with Crippen LogP contribution in [-0.4, -0.2) is 35.5 Å². The second-order valence-electron chi connectivity index (χ2n) is 5.09. The van der Waals surface area contributed by atoms with Gasteiger partial charge in [-0.25, -0.2) is 13.4 Å². The largest absolute Gasteiger partial charge is 0.480 e. The van der Waals surface area contributed by atoms with Crippen molar-refractivity contribution in [1.29, 1.82) is 0 Å². The number of nitrogens with zero attached hydrogens (tertiary/aromatic N) is 1. The Morgan fingerprint density at radius 3 is 2.39 bits per heavy atom. The summed E-state index contributed by atoms with van der Waals surface area (Å²) in [6.45, 7) is 6.54. The number of carbonyl (C=O) groups is 1. The zero-order chi connectivity index (χ0) is 14.1.